The lowest BCUT2D eigenvalue weighted by molar-refractivity contribution is -0.384. The van der Waals surface area contributed by atoms with Crippen molar-refractivity contribution in [1.29, 1.82) is 0 Å². The van der Waals surface area contributed by atoms with E-state index in [1.165, 1.54) is 10.4 Å². The molecule has 0 N–H and O–H groups in total. The van der Waals surface area contributed by atoms with Gasteiger partial charge in [0.1, 0.15) is 16.5 Å². The van der Waals surface area contributed by atoms with E-state index in [-0.39, 0.29) is 15.6 Å². The maximum atomic E-state index is 13.3. The van der Waals surface area contributed by atoms with Crippen LogP contribution >= 0.6 is 11.6 Å². The van der Waals surface area contributed by atoms with Crippen LogP contribution in [-0.2, 0) is 10.0 Å². The third kappa shape index (κ3) is 3.25. The summed E-state index contributed by atoms with van der Waals surface area (Å²) in [6.07, 6.45) is 2.10. The van der Waals surface area contributed by atoms with Crippen molar-refractivity contribution < 1.29 is 17.8 Å². The molecule has 1 atom stereocenters. The maximum absolute atomic E-state index is 13.3. The van der Waals surface area contributed by atoms with Crippen LogP contribution in [0.25, 0.3) is 11.1 Å². The highest BCUT2D eigenvalue weighted by molar-refractivity contribution is 7.89. The molecule has 8 nitrogen and oxygen atoms in total. The molecule has 10 heteroatoms. The van der Waals surface area contributed by atoms with E-state index in [1.54, 1.807) is 12.1 Å². The minimum Gasteiger partial charge on any atom is -0.439 e. The summed E-state index contributed by atoms with van der Waals surface area (Å²) in [5, 5.41) is 10.7. The highest BCUT2D eigenvalue weighted by Crippen LogP contribution is 2.38. The first-order valence-electron chi connectivity index (χ1n) is 8.69. The molecule has 1 aromatic heterocycles. The van der Waals surface area contributed by atoms with Crippen molar-refractivity contribution in [2.45, 2.75) is 30.2 Å². The van der Waals surface area contributed by atoms with E-state index >= 15 is 0 Å². The molecule has 0 aliphatic carbocycles. The lowest BCUT2D eigenvalue weighted by atomic mass is 10.1. The van der Waals surface area contributed by atoms with Gasteiger partial charge in [-0.05, 0) is 31.0 Å². The molecule has 3 aromatic rings. The average molecular weight is 422 g/mol. The number of piperidine rings is 1. The third-order valence-corrected chi connectivity index (χ3v) is 7.15. The molecule has 0 unspecified atom stereocenters. The molecule has 2 heterocycles. The SMILES string of the molecule is O=[N+]([O-])c1ccc(S(=O)(=O)N2CCCC[C@@H]2c2nc3ccccc3o2)c(Cl)c1. The zero-order chi connectivity index (χ0) is 19.9. The first kappa shape index (κ1) is 18.9. The summed E-state index contributed by atoms with van der Waals surface area (Å²) >= 11 is 6.09. The van der Waals surface area contributed by atoms with Gasteiger partial charge in [0.2, 0.25) is 15.9 Å². The number of fused-ring (bicyclic) bond motifs is 1. The second-order valence-corrected chi connectivity index (χ2v) is 8.79. The quantitative estimate of drug-likeness (QED) is 0.459. The van der Waals surface area contributed by atoms with Gasteiger partial charge in [0, 0.05) is 18.7 Å². The number of para-hydroxylation sites is 2. The van der Waals surface area contributed by atoms with Crippen molar-refractivity contribution in [3.05, 3.63) is 63.5 Å². The number of oxazole rings is 1. The predicted octanol–water partition coefficient (Wildman–Crippen LogP) is 4.31. The topological polar surface area (TPSA) is 107 Å². The van der Waals surface area contributed by atoms with E-state index < -0.39 is 21.0 Å². The number of aromatic nitrogens is 1. The number of nitro groups is 1. The van der Waals surface area contributed by atoms with Gasteiger partial charge in [-0.2, -0.15) is 4.31 Å². The van der Waals surface area contributed by atoms with Gasteiger partial charge >= 0.3 is 0 Å². The Morgan fingerprint density at radius 1 is 1.21 bits per heavy atom. The van der Waals surface area contributed by atoms with E-state index in [1.807, 2.05) is 12.1 Å². The van der Waals surface area contributed by atoms with Crippen molar-refractivity contribution in [2.75, 3.05) is 6.54 Å². The monoisotopic (exact) mass is 421 g/mol. The average Bonchev–Trinajstić information content (AvgIpc) is 3.11. The van der Waals surface area contributed by atoms with Gasteiger partial charge in [-0.25, -0.2) is 13.4 Å². The minimum absolute atomic E-state index is 0.164. The summed E-state index contributed by atoms with van der Waals surface area (Å²) in [4.78, 5) is 14.6. The number of hydrogen-bond acceptors (Lipinski definition) is 6. The van der Waals surface area contributed by atoms with Crippen molar-refractivity contribution >= 4 is 38.4 Å². The van der Waals surface area contributed by atoms with E-state index in [2.05, 4.69) is 4.98 Å². The van der Waals surface area contributed by atoms with Crippen LogP contribution in [0.4, 0.5) is 5.69 Å². The van der Waals surface area contributed by atoms with Crippen LogP contribution in [-0.4, -0.2) is 29.2 Å². The zero-order valence-corrected chi connectivity index (χ0v) is 16.2. The smallest absolute Gasteiger partial charge is 0.271 e. The molecular weight excluding hydrogens is 406 g/mol. The number of nitro benzene ring substituents is 1. The van der Waals surface area contributed by atoms with Crippen molar-refractivity contribution in [2.24, 2.45) is 0 Å². The molecule has 0 saturated carbocycles. The van der Waals surface area contributed by atoms with Gasteiger partial charge in [-0.15, -0.1) is 0 Å². The van der Waals surface area contributed by atoms with Gasteiger partial charge in [0.25, 0.3) is 5.69 Å². The van der Waals surface area contributed by atoms with Crippen LogP contribution in [0.5, 0.6) is 0 Å². The van der Waals surface area contributed by atoms with Gasteiger partial charge in [0.15, 0.2) is 5.58 Å². The lowest BCUT2D eigenvalue weighted by Gasteiger charge is -2.32. The number of hydrogen-bond donors (Lipinski definition) is 0. The van der Waals surface area contributed by atoms with Crippen LogP contribution in [0.2, 0.25) is 5.02 Å². The molecule has 0 spiro atoms. The van der Waals surface area contributed by atoms with Gasteiger partial charge in [-0.3, -0.25) is 10.1 Å². The van der Waals surface area contributed by atoms with Crippen molar-refractivity contribution in [1.82, 2.24) is 9.29 Å². The molecule has 4 rings (SSSR count). The highest BCUT2D eigenvalue weighted by atomic mass is 35.5. The number of benzene rings is 2. The Morgan fingerprint density at radius 3 is 2.71 bits per heavy atom. The molecule has 0 radical (unpaired) electrons. The van der Waals surface area contributed by atoms with Gasteiger partial charge in [-0.1, -0.05) is 30.2 Å². The van der Waals surface area contributed by atoms with Crippen LogP contribution in [0.15, 0.2) is 51.8 Å². The van der Waals surface area contributed by atoms with Gasteiger partial charge < -0.3 is 4.42 Å². The summed E-state index contributed by atoms with van der Waals surface area (Å²) in [5.74, 6) is 0.336. The molecular formula is C18H16ClN3O5S. The van der Waals surface area contributed by atoms with E-state index in [0.717, 1.165) is 18.6 Å². The number of halogens is 1. The summed E-state index contributed by atoms with van der Waals surface area (Å²) in [7, 11) is -3.99. The zero-order valence-electron chi connectivity index (χ0n) is 14.6. The Balaban J connectivity index is 1.75. The Bertz CT molecular complexity index is 1130. The predicted molar refractivity (Wildman–Crippen MR) is 103 cm³/mol. The van der Waals surface area contributed by atoms with E-state index in [4.69, 9.17) is 16.0 Å². The molecule has 1 saturated heterocycles. The summed E-state index contributed by atoms with van der Waals surface area (Å²) < 4.78 is 33.7. The molecule has 28 heavy (non-hydrogen) atoms. The molecule has 0 bridgehead atoms. The Morgan fingerprint density at radius 2 is 2.00 bits per heavy atom. The summed E-state index contributed by atoms with van der Waals surface area (Å²) in [6, 6.07) is 10.0. The fraction of sp³-hybridized carbons (Fsp3) is 0.278. The van der Waals surface area contributed by atoms with Crippen LogP contribution in [0, 0.1) is 10.1 Å². The number of non-ortho nitro benzene ring substituents is 1. The maximum Gasteiger partial charge on any atom is 0.271 e. The van der Waals surface area contributed by atoms with Crippen molar-refractivity contribution in [3.8, 4) is 0 Å². The standard InChI is InChI=1S/C18H16ClN3O5S/c19-13-11-12(22(23)24)8-9-17(13)28(25,26)21-10-4-3-6-15(21)18-20-14-5-1-2-7-16(14)27-18/h1-2,5,7-9,11,15H,3-4,6,10H2/t15-/m1/s1. The van der Waals surface area contributed by atoms with E-state index in [9.17, 15) is 18.5 Å². The largest absolute Gasteiger partial charge is 0.439 e. The molecule has 2 aromatic carbocycles. The van der Waals surface area contributed by atoms with E-state index in [0.29, 0.717) is 36.4 Å². The summed E-state index contributed by atoms with van der Waals surface area (Å²) in [6.45, 7) is 0.291. The molecule has 1 fully saturated rings. The normalized spacial score (nSPS) is 18.4. The van der Waals surface area contributed by atoms with Crippen LogP contribution in [0.1, 0.15) is 31.2 Å². The van der Waals surface area contributed by atoms with Gasteiger partial charge in [0.05, 0.1) is 9.95 Å². The Kier molecular flexibility index (Phi) is 4.82. The minimum atomic E-state index is -3.99. The molecule has 146 valence electrons. The number of rotatable bonds is 4. The number of sulfonamides is 1. The number of nitrogens with zero attached hydrogens (tertiary/aromatic N) is 3. The lowest BCUT2D eigenvalue weighted by Crippen LogP contribution is -2.38. The van der Waals surface area contributed by atoms with Crippen LogP contribution < -0.4 is 0 Å². The highest BCUT2D eigenvalue weighted by Gasteiger charge is 2.38. The third-order valence-electron chi connectivity index (χ3n) is 4.76. The fourth-order valence-electron chi connectivity index (χ4n) is 3.41. The van der Waals surface area contributed by atoms with Crippen molar-refractivity contribution in [3.63, 3.8) is 0 Å². The van der Waals surface area contributed by atoms with Crippen LogP contribution in [0.3, 0.4) is 0 Å². The molecule has 1 aliphatic heterocycles. The molecule has 1 aliphatic rings. The fourth-order valence-corrected chi connectivity index (χ4v) is 5.58. The second kappa shape index (κ2) is 7.16. The first-order valence-corrected chi connectivity index (χ1v) is 10.5. The Hall–Kier alpha value is -2.49. The second-order valence-electron chi connectivity index (χ2n) is 6.52. The Labute approximate surface area is 165 Å². The first-order chi connectivity index (χ1) is 13.4. The summed E-state index contributed by atoms with van der Waals surface area (Å²) in [5.41, 5.74) is 0.987. The molecule has 0 amide bonds.